The van der Waals surface area contributed by atoms with Crippen LogP contribution in [0.5, 0.6) is 0 Å². The van der Waals surface area contributed by atoms with E-state index in [4.69, 9.17) is 0 Å². The average Bonchev–Trinajstić information content (AvgIpc) is 3.10. The van der Waals surface area contributed by atoms with Crippen LogP contribution in [-0.4, -0.2) is 32.8 Å². The number of H-pyrrole nitrogens is 1. The molecule has 0 amide bonds. The zero-order valence-electron chi connectivity index (χ0n) is 16.3. The normalized spacial score (nSPS) is 11.8. The van der Waals surface area contributed by atoms with E-state index in [1.54, 1.807) is 10.9 Å². The lowest BCUT2D eigenvalue weighted by molar-refractivity contribution is 0.366. The Hall–Kier alpha value is -3.35. The lowest BCUT2D eigenvalue weighted by atomic mass is 10.1. The fraction of sp³-hybridized carbons (Fsp3) is 0.286. The molecule has 0 fully saturated rings. The maximum absolute atomic E-state index is 12.3. The molecule has 7 heteroatoms. The largest absolute Gasteiger partial charge is 0.383 e. The molecule has 0 saturated carbocycles. The number of hydrogen-bond donors (Lipinski definition) is 3. The summed E-state index contributed by atoms with van der Waals surface area (Å²) in [7, 11) is 0. The summed E-state index contributed by atoms with van der Waals surface area (Å²) in [5, 5.41) is 13.8. The molecule has 4 aromatic rings. The Labute approximate surface area is 162 Å². The Bertz CT molecular complexity index is 1180. The Morgan fingerprint density at radius 1 is 1.00 bits per heavy atom. The highest BCUT2D eigenvalue weighted by Crippen LogP contribution is 2.22. The second-order valence-corrected chi connectivity index (χ2v) is 7.76. The number of benzene rings is 2. The van der Waals surface area contributed by atoms with Crippen molar-refractivity contribution in [1.29, 1.82) is 0 Å². The van der Waals surface area contributed by atoms with E-state index in [0.29, 0.717) is 30.1 Å². The molecule has 0 saturated heterocycles. The van der Waals surface area contributed by atoms with Gasteiger partial charge in [0.25, 0.3) is 5.56 Å². The van der Waals surface area contributed by atoms with Crippen LogP contribution in [0.25, 0.3) is 21.8 Å². The van der Waals surface area contributed by atoms with Gasteiger partial charge in [-0.05, 0) is 32.2 Å². The molecule has 3 N–H and O–H groups in total. The zero-order valence-corrected chi connectivity index (χ0v) is 16.3. The number of aromatic amines is 1. The molecule has 0 aliphatic rings. The van der Waals surface area contributed by atoms with E-state index in [1.165, 1.54) is 10.8 Å². The summed E-state index contributed by atoms with van der Waals surface area (Å²) in [5.41, 5.74) is 1.23. The number of fused-ring (bicyclic) bond motifs is 2. The van der Waals surface area contributed by atoms with Crippen LogP contribution in [0.3, 0.4) is 0 Å². The first kappa shape index (κ1) is 18.0. The predicted molar refractivity (Wildman–Crippen MR) is 114 cm³/mol. The maximum Gasteiger partial charge on any atom is 0.263 e. The van der Waals surface area contributed by atoms with E-state index in [1.807, 2.05) is 39.0 Å². The van der Waals surface area contributed by atoms with E-state index < -0.39 is 0 Å². The highest BCUT2D eigenvalue weighted by atomic mass is 16.1. The minimum atomic E-state index is -0.254. The van der Waals surface area contributed by atoms with Gasteiger partial charge < -0.3 is 10.6 Å². The molecule has 2 heterocycles. The standard InChI is InChI=1S/C21H24N6O/c1-21(2,3)27-18-16(13-24-27)19(28)26-20(25-18)23-12-11-22-17-10-6-8-14-7-4-5-9-15(14)17/h4-10,13,22H,11-12H2,1-3H3,(H2,23,25,26,28). The number of nitrogens with zero attached hydrogens (tertiary/aromatic N) is 3. The summed E-state index contributed by atoms with van der Waals surface area (Å²) < 4.78 is 1.77. The third-order valence-corrected chi connectivity index (χ3v) is 4.60. The van der Waals surface area contributed by atoms with Crippen LogP contribution < -0.4 is 16.2 Å². The van der Waals surface area contributed by atoms with Gasteiger partial charge in [-0.15, -0.1) is 0 Å². The molecule has 2 aromatic heterocycles. The minimum Gasteiger partial charge on any atom is -0.383 e. The number of hydrogen-bond acceptors (Lipinski definition) is 5. The van der Waals surface area contributed by atoms with Crippen LogP contribution in [0.15, 0.2) is 53.5 Å². The molecular weight excluding hydrogens is 352 g/mol. The molecule has 0 radical (unpaired) electrons. The molecular formula is C21H24N6O. The highest BCUT2D eigenvalue weighted by Gasteiger charge is 2.19. The van der Waals surface area contributed by atoms with Crippen molar-refractivity contribution in [1.82, 2.24) is 19.7 Å². The summed E-state index contributed by atoms with van der Waals surface area (Å²) >= 11 is 0. The summed E-state index contributed by atoms with van der Waals surface area (Å²) in [6.45, 7) is 7.39. The molecule has 2 aromatic carbocycles. The van der Waals surface area contributed by atoms with Crippen molar-refractivity contribution < 1.29 is 0 Å². The summed E-state index contributed by atoms with van der Waals surface area (Å²) in [6.07, 6.45) is 1.57. The fourth-order valence-corrected chi connectivity index (χ4v) is 3.25. The van der Waals surface area contributed by atoms with E-state index in [2.05, 4.69) is 50.0 Å². The molecule has 0 aliphatic heterocycles. The third kappa shape index (κ3) is 3.43. The molecule has 0 spiro atoms. The molecule has 28 heavy (non-hydrogen) atoms. The third-order valence-electron chi connectivity index (χ3n) is 4.60. The number of nitrogens with one attached hydrogen (secondary N) is 3. The molecule has 7 nitrogen and oxygen atoms in total. The van der Waals surface area contributed by atoms with Gasteiger partial charge in [-0.25, -0.2) is 4.68 Å². The van der Waals surface area contributed by atoms with Crippen LogP contribution in [0.2, 0.25) is 0 Å². The lowest BCUT2D eigenvalue weighted by Crippen LogP contribution is -2.24. The molecule has 0 atom stereocenters. The van der Waals surface area contributed by atoms with Crippen molar-refractivity contribution in [2.75, 3.05) is 23.7 Å². The summed E-state index contributed by atoms with van der Waals surface area (Å²) in [6, 6.07) is 14.5. The van der Waals surface area contributed by atoms with Gasteiger partial charge in [0.2, 0.25) is 5.95 Å². The Morgan fingerprint density at radius 3 is 2.57 bits per heavy atom. The van der Waals surface area contributed by atoms with Crippen molar-refractivity contribution in [2.24, 2.45) is 0 Å². The van der Waals surface area contributed by atoms with Crippen molar-refractivity contribution >= 4 is 33.4 Å². The molecule has 0 unspecified atom stereocenters. The lowest BCUT2D eigenvalue weighted by Gasteiger charge is -2.19. The maximum atomic E-state index is 12.3. The van der Waals surface area contributed by atoms with E-state index in [0.717, 1.165) is 5.69 Å². The Morgan fingerprint density at radius 2 is 1.75 bits per heavy atom. The van der Waals surface area contributed by atoms with Crippen molar-refractivity contribution in [3.63, 3.8) is 0 Å². The average molecular weight is 376 g/mol. The second kappa shape index (κ2) is 6.99. The Balaban J connectivity index is 1.48. The highest BCUT2D eigenvalue weighted by molar-refractivity contribution is 5.93. The van der Waals surface area contributed by atoms with Crippen LogP contribution >= 0.6 is 0 Å². The smallest absolute Gasteiger partial charge is 0.263 e. The van der Waals surface area contributed by atoms with E-state index >= 15 is 0 Å². The van der Waals surface area contributed by atoms with Crippen molar-refractivity contribution in [2.45, 2.75) is 26.3 Å². The van der Waals surface area contributed by atoms with Gasteiger partial charge in [0, 0.05) is 24.2 Å². The SMILES string of the molecule is CC(C)(C)n1ncc2c(=O)[nH]c(NCCNc3cccc4ccccc34)nc21. The zero-order chi connectivity index (χ0) is 19.7. The molecule has 4 rings (SSSR count). The summed E-state index contributed by atoms with van der Waals surface area (Å²) in [5.74, 6) is 0.447. The monoisotopic (exact) mass is 376 g/mol. The number of anilines is 2. The first-order valence-electron chi connectivity index (χ1n) is 9.37. The summed E-state index contributed by atoms with van der Waals surface area (Å²) in [4.78, 5) is 19.7. The molecule has 144 valence electrons. The topological polar surface area (TPSA) is 87.6 Å². The van der Waals surface area contributed by atoms with Crippen molar-refractivity contribution in [3.8, 4) is 0 Å². The van der Waals surface area contributed by atoms with Gasteiger partial charge in [-0.1, -0.05) is 36.4 Å². The van der Waals surface area contributed by atoms with Gasteiger partial charge in [-0.2, -0.15) is 10.1 Å². The van der Waals surface area contributed by atoms with Crippen molar-refractivity contribution in [3.05, 3.63) is 59.0 Å². The molecule has 0 bridgehead atoms. The Kier molecular flexibility index (Phi) is 4.50. The van der Waals surface area contributed by atoms with Gasteiger partial charge >= 0.3 is 0 Å². The van der Waals surface area contributed by atoms with E-state index in [9.17, 15) is 4.79 Å². The van der Waals surface area contributed by atoms with Gasteiger partial charge in [0.15, 0.2) is 5.65 Å². The number of rotatable bonds is 5. The fourth-order valence-electron chi connectivity index (χ4n) is 3.25. The number of aromatic nitrogens is 4. The first-order chi connectivity index (χ1) is 13.4. The van der Waals surface area contributed by atoms with Crippen LogP contribution in [-0.2, 0) is 5.54 Å². The van der Waals surface area contributed by atoms with Gasteiger partial charge in [-0.3, -0.25) is 9.78 Å². The minimum absolute atomic E-state index is 0.190. The quantitative estimate of drug-likeness (QED) is 0.464. The van der Waals surface area contributed by atoms with E-state index in [-0.39, 0.29) is 11.1 Å². The van der Waals surface area contributed by atoms with Gasteiger partial charge in [0.05, 0.1) is 11.7 Å². The van der Waals surface area contributed by atoms with Crippen LogP contribution in [0, 0.1) is 0 Å². The second-order valence-electron chi connectivity index (χ2n) is 7.76. The van der Waals surface area contributed by atoms with Crippen LogP contribution in [0.1, 0.15) is 20.8 Å². The van der Waals surface area contributed by atoms with Crippen LogP contribution in [0.4, 0.5) is 11.6 Å². The molecule has 0 aliphatic carbocycles. The first-order valence-corrected chi connectivity index (χ1v) is 9.37. The van der Waals surface area contributed by atoms with Gasteiger partial charge in [0.1, 0.15) is 5.39 Å². The predicted octanol–water partition coefficient (Wildman–Crippen LogP) is 3.55.